The van der Waals surface area contributed by atoms with Crippen LogP contribution in [0.15, 0.2) is 48.6 Å². The predicted octanol–water partition coefficient (Wildman–Crippen LogP) is 3.51. The normalized spacial score (nSPS) is 34.9. The number of para-hydroxylation sites is 1. The van der Waals surface area contributed by atoms with Crippen LogP contribution in [0.5, 0.6) is 0 Å². The number of fused-ring (bicyclic) bond motifs is 2. The monoisotopic (exact) mass is 542 g/mol. The number of benzene rings is 1. The standard InChI is InChI=1S/C29H35ClN2O6/c1-18(2)21(17-33)32-24-26(35)31(20-12-7-6-11-19(20)30)15-10-14-29(24)22(25(32)34)23-27(36)37-16-9-5-4-8-13-28(23,3)38-29/h6-8,10-14,18,21-24,33H,4-5,9,15-17H2,1-3H3/b13-8-/t21-,22-,23+,24?,28-,29-/m0/s1. The maximum atomic E-state index is 14.5. The molecule has 0 aromatic heterocycles. The van der Waals surface area contributed by atoms with Crippen LogP contribution < -0.4 is 4.90 Å². The van der Waals surface area contributed by atoms with E-state index >= 15 is 0 Å². The molecule has 0 saturated carbocycles. The third kappa shape index (κ3) is 4.08. The lowest BCUT2D eigenvalue weighted by Gasteiger charge is -2.41. The molecule has 8 nitrogen and oxygen atoms in total. The van der Waals surface area contributed by atoms with E-state index in [1.54, 1.807) is 42.2 Å². The molecular formula is C29H35ClN2O6. The van der Waals surface area contributed by atoms with E-state index in [4.69, 9.17) is 21.1 Å². The second-order valence-electron chi connectivity index (χ2n) is 11.1. The Labute approximate surface area is 228 Å². The fourth-order valence-electron chi connectivity index (χ4n) is 6.60. The minimum atomic E-state index is -1.43. The molecule has 4 aliphatic heterocycles. The van der Waals surface area contributed by atoms with Gasteiger partial charge in [-0.1, -0.05) is 61.9 Å². The molecule has 6 atom stereocenters. The van der Waals surface area contributed by atoms with Crippen molar-refractivity contribution in [3.8, 4) is 0 Å². The summed E-state index contributed by atoms with van der Waals surface area (Å²) in [6.45, 7) is 5.72. The van der Waals surface area contributed by atoms with Gasteiger partial charge >= 0.3 is 5.97 Å². The van der Waals surface area contributed by atoms with E-state index in [9.17, 15) is 19.5 Å². The molecule has 1 aromatic rings. The Morgan fingerprint density at radius 1 is 1.08 bits per heavy atom. The Balaban J connectivity index is 1.70. The molecule has 0 aliphatic carbocycles. The van der Waals surface area contributed by atoms with Gasteiger partial charge in [-0.15, -0.1) is 0 Å². The Morgan fingerprint density at radius 2 is 1.84 bits per heavy atom. The molecule has 1 spiro atoms. The molecule has 0 bridgehead atoms. The molecule has 1 unspecified atom stereocenters. The summed E-state index contributed by atoms with van der Waals surface area (Å²) in [5, 5.41) is 10.8. The van der Waals surface area contributed by atoms with E-state index in [0.29, 0.717) is 10.7 Å². The Kier molecular flexibility index (Phi) is 7.18. The summed E-state index contributed by atoms with van der Waals surface area (Å²) >= 11 is 6.50. The minimum Gasteiger partial charge on any atom is -0.465 e. The number of carbonyl (C=O) groups is 3. The number of ether oxygens (including phenoxy) is 2. The molecular weight excluding hydrogens is 508 g/mol. The number of aliphatic hydroxyl groups is 1. The average Bonchev–Trinajstić information content (AvgIpc) is 3.20. The van der Waals surface area contributed by atoms with Crippen LogP contribution >= 0.6 is 11.6 Å². The number of rotatable bonds is 4. The maximum Gasteiger partial charge on any atom is 0.313 e. The molecule has 204 valence electrons. The third-order valence-corrected chi connectivity index (χ3v) is 8.71. The number of amides is 2. The maximum absolute atomic E-state index is 14.5. The molecule has 4 heterocycles. The summed E-state index contributed by atoms with van der Waals surface area (Å²) in [4.78, 5) is 45.5. The number of carbonyl (C=O) groups excluding carboxylic acids is 3. The fraction of sp³-hybridized carbons (Fsp3) is 0.552. The summed E-state index contributed by atoms with van der Waals surface area (Å²) in [5.41, 5.74) is -2.07. The van der Waals surface area contributed by atoms with Gasteiger partial charge in [-0.25, -0.2) is 0 Å². The van der Waals surface area contributed by atoms with Crippen molar-refractivity contribution >= 4 is 35.1 Å². The number of aliphatic hydroxyl groups excluding tert-OH is 1. The average molecular weight is 543 g/mol. The van der Waals surface area contributed by atoms with Crippen LogP contribution in [0.3, 0.4) is 0 Å². The molecule has 2 fully saturated rings. The largest absolute Gasteiger partial charge is 0.465 e. The summed E-state index contributed by atoms with van der Waals surface area (Å²) in [7, 11) is 0. The molecule has 5 rings (SSSR count). The first kappa shape index (κ1) is 26.9. The lowest BCUT2D eigenvalue weighted by Crippen LogP contribution is -2.59. The third-order valence-electron chi connectivity index (χ3n) is 8.40. The number of hydrogen-bond acceptors (Lipinski definition) is 6. The molecule has 4 aliphatic rings. The zero-order valence-corrected chi connectivity index (χ0v) is 22.8. The van der Waals surface area contributed by atoms with Crippen molar-refractivity contribution in [1.82, 2.24) is 4.90 Å². The smallest absolute Gasteiger partial charge is 0.313 e. The van der Waals surface area contributed by atoms with Gasteiger partial charge in [0.2, 0.25) is 5.91 Å². The van der Waals surface area contributed by atoms with Crippen molar-refractivity contribution in [2.45, 2.75) is 63.3 Å². The van der Waals surface area contributed by atoms with E-state index < -0.39 is 47.0 Å². The summed E-state index contributed by atoms with van der Waals surface area (Å²) in [6, 6.07) is 5.29. The van der Waals surface area contributed by atoms with Gasteiger partial charge in [0.15, 0.2) is 0 Å². The zero-order valence-electron chi connectivity index (χ0n) is 22.0. The van der Waals surface area contributed by atoms with Gasteiger partial charge in [-0.05, 0) is 44.2 Å². The summed E-state index contributed by atoms with van der Waals surface area (Å²) in [5.74, 6) is -3.37. The van der Waals surface area contributed by atoms with Crippen LogP contribution in [0.4, 0.5) is 5.69 Å². The second kappa shape index (κ2) is 10.1. The van der Waals surface area contributed by atoms with Crippen molar-refractivity contribution in [2.24, 2.45) is 17.8 Å². The first-order chi connectivity index (χ1) is 18.2. The fourth-order valence-corrected chi connectivity index (χ4v) is 6.84. The van der Waals surface area contributed by atoms with E-state index in [2.05, 4.69) is 0 Å². The quantitative estimate of drug-likeness (QED) is 0.462. The van der Waals surface area contributed by atoms with Gasteiger partial charge in [0.25, 0.3) is 5.91 Å². The summed E-state index contributed by atoms with van der Waals surface area (Å²) < 4.78 is 12.5. The lowest BCUT2D eigenvalue weighted by atomic mass is 9.74. The van der Waals surface area contributed by atoms with Crippen molar-refractivity contribution in [2.75, 3.05) is 24.7 Å². The van der Waals surface area contributed by atoms with Crippen molar-refractivity contribution in [1.29, 1.82) is 0 Å². The molecule has 1 N–H and O–H groups in total. The van der Waals surface area contributed by atoms with Gasteiger partial charge in [-0.2, -0.15) is 0 Å². The number of esters is 1. The molecule has 0 radical (unpaired) electrons. The van der Waals surface area contributed by atoms with Gasteiger partial charge in [0, 0.05) is 6.54 Å². The Morgan fingerprint density at radius 3 is 2.55 bits per heavy atom. The topological polar surface area (TPSA) is 96.4 Å². The minimum absolute atomic E-state index is 0.157. The summed E-state index contributed by atoms with van der Waals surface area (Å²) in [6.07, 6.45) is 9.82. The number of hydrogen-bond donors (Lipinski definition) is 1. The molecule has 38 heavy (non-hydrogen) atoms. The predicted molar refractivity (Wildman–Crippen MR) is 142 cm³/mol. The lowest BCUT2D eigenvalue weighted by molar-refractivity contribution is -0.160. The first-order valence-corrected chi connectivity index (χ1v) is 13.7. The first-order valence-electron chi connectivity index (χ1n) is 13.4. The number of halogens is 1. The van der Waals surface area contributed by atoms with Crippen molar-refractivity contribution in [3.05, 3.63) is 53.6 Å². The van der Waals surface area contributed by atoms with E-state index in [1.807, 2.05) is 32.1 Å². The SMILES string of the molecule is CC(C)[C@H](CO)N1C(=O)[C@@H]2[C@@H]3C(=O)OCCCC/C=C\[C@]3(C)O[C@@]23C=CCN(c2ccccc2Cl)C(=O)C13. The van der Waals surface area contributed by atoms with Crippen LogP contribution in [0.2, 0.25) is 5.02 Å². The highest BCUT2D eigenvalue weighted by molar-refractivity contribution is 6.34. The highest BCUT2D eigenvalue weighted by Gasteiger charge is 2.75. The number of allylic oxidation sites excluding steroid dienone is 1. The number of nitrogens with zero attached hydrogens (tertiary/aromatic N) is 2. The number of anilines is 1. The van der Waals surface area contributed by atoms with Crippen molar-refractivity contribution in [3.63, 3.8) is 0 Å². The van der Waals surface area contributed by atoms with Gasteiger partial charge in [0.05, 0.1) is 41.5 Å². The Hall–Kier alpha value is -2.68. The molecule has 1 aromatic carbocycles. The molecule has 2 amide bonds. The van der Waals surface area contributed by atoms with Crippen molar-refractivity contribution < 1.29 is 29.0 Å². The van der Waals surface area contributed by atoms with Crippen LogP contribution in [-0.4, -0.2) is 70.8 Å². The highest BCUT2D eigenvalue weighted by Crippen LogP contribution is 2.58. The second-order valence-corrected chi connectivity index (χ2v) is 11.5. The van der Waals surface area contributed by atoms with Crippen LogP contribution in [-0.2, 0) is 23.9 Å². The highest BCUT2D eigenvalue weighted by atomic mass is 35.5. The van der Waals surface area contributed by atoms with Gasteiger partial charge < -0.3 is 24.4 Å². The van der Waals surface area contributed by atoms with Crippen LogP contribution in [0.1, 0.15) is 40.0 Å². The van der Waals surface area contributed by atoms with E-state index in [0.717, 1.165) is 19.3 Å². The van der Waals surface area contributed by atoms with Gasteiger partial charge in [0.1, 0.15) is 17.6 Å². The Bertz CT molecular complexity index is 1180. The zero-order chi connectivity index (χ0) is 27.2. The van der Waals surface area contributed by atoms with Crippen LogP contribution in [0, 0.1) is 17.8 Å². The number of cyclic esters (lactones) is 1. The van der Waals surface area contributed by atoms with E-state index in [1.165, 1.54) is 4.90 Å². The van der Waals surface area contributed by atoms with Gasteiger partial charge in [-0.3, -0.25) is 14.4 Å². The van der Waals surface area contributed by atoms with Crippen LogP contribution in [0.25, 0.3) is 0 Å². The molecule has 9 heteroatoms. The van der Waals surface area contributed by atoms with E-state index in [-0.39, 0.29) is 31.6 Å². The number of likely N-dealkylation sites (tertiary alicyclic amines) is 1. The molecule has 2 saturated heterocycles.